The Bertz CT molecular complexity index is 1270. The Morgan fingerprint density at radius 3 is 2.15 bits per heavy atom. The predicted octanol–water partition coefficient (Wildman–Crippen LogP) is 5.28. The van der Waals surface area contributed by atoms with Gasteiger partial charge in [0.15, 0.2) is 18.3 Å². The van der Waals surface area contributed by atoms with E-state index in [4.69, 9.17) is 9.15 Å². The molecule has 6 nitrogen and oxygen atoms in total. The maximum atomic E-state index is 13.2. The number of oxazole rings is 1. The first-order chi connectivity index (χ1) is 16.7. The van der Waals surface area contributed by atoms with Crippen LogP contribution in [0.15, 0.2) is 89.5 Å². The van der Waals surface area contributed by atoms with Crippen LogP contribution in [0.4, 0.5) is 11.4 Å². The summed E-state index contributed by atoms with van der Waals surface area (Å²) in [6.45, 7) is -0.331. The maximum absolute atomic E-state index is 13.2. The molecule has 2 heterocycles. The first kappa shape index (κ1) is 21.6. The first-order valence-corrected chi connectivity index (χ1v) is 11.3. The van der Waals surface area contributed by atoms with Crippen molar-refractivity contribution in [3.63, 3.8) is 0 Å². The van der Waals surface area contributed by atoms with Crippen LogP contribution in [0.2, 0.25) is 0 Å². The molecule has 1 aliphatic rings. The summed E-state index contributed by atoms with van der Waals surface area (Å²) in [4.78, 5) is 31.5. The second-order valence-corrected chi connectivity index (χ2v) is 8.13. The molecule has 0 fully saturated rings. The van der Waals surface area contributed by atoms with Crippen LogP contribution < -0.4 is 4.90 Å². The largest absolute Gasteiger partial charge is 0.456 e. The highest BCUT2D eigenvalue weighted by Gasteiger charge is 2.26. The van der Waals surface area contributed by atoms with Gasteiger partial charge in [0.05, 0.1) is 24.0 Å². The standard InChI is InChI=1S/C28H24N2O4/c31-27(30-23-12-6-4-8-20(23)14-15-21-9-5-7-13-24(21)30)19-33-28(32)17-16-26-29-18-25(34-26)22-10-2-1-3-11-22/h1-13,18H,14-17,19H2. The van der Waals surface area contributed by atoms with Crippen LogP contribution in [0.1, 0.15) is 23.4 Å². The summed E-state index contributed by atoms with van der Waals surface area (Å²) >= 11 is 0. The second kappa shape index (κ2) is 9.75. The topological polar surface area (TPSA) is 72.6 Å². The molecule has 0 unspecified atom stereocenters. The third-order valence-corrected chi connectivity index (χ3v) is 5.89. The van der Waals surface area contributed by atoms with Gasteiger partial charge in [0.2, 0.25) is 0 Å². The molecule has 5 rings (SSSR count). The number of ether oxygens (including phenoxy) is 1. The Hall–Kier alpha value is -4.19. The zero-order valence-electron chi connectivity index (χ0n) is 18.6. The molecule has 4 aromatic rings. The van der Waals surface area contributed by atoms with Gasteiger partial charge in [-0.15, -0.1) is 0 Å². The van der Waals surface area contributed by atoms with Crippen molar-refractivity contribution in [1.29, 1.82) is 0 Å². The molecule has 1 aromatic heterocycles. The minimum atomic E-state index is -0.468. The smallest absolute Gasteiger partial charge is 0.306 e. The van der Waals surface area contributed by atoms with E-state index in [9.17, 15) is 9.59 Å². The molecule has 0 bridgehead atoms. The summed E-state index contributed by atoms with van der Waals surface area (Å²) in [5, 5.41) is 0. The monoisotopic (exact) mass is 452 g/mol. The molecule has 6 heteroatoms. The Morgan fingerprint density at radius 2 is 1.47 bits per heavy atom. The Kier molecular flexibility index (Phi) is 6.21. The van der Waals surface area contributed by atoms with Gasteiger partial charge in [-0.25, -0.2) is 4.98 Å². The van der Waals surface area contributed by atoms with Crippen LogP contribution in [0.5, 0.6) is 0 Å². The number of fused-ring (bicyclic) bond motifs is 2. The van der Waals surface area contributed by atoms with Gasteiger partial charge in [0, 0.05) is 12.0 Å². The Labute approximate surface area is 197 Å². The number of anilines is 2. The normalized spacial score (nSPS) is 12.4. The summed E-state index contributed by atoms with van der Waals surface area (Å²) in [5.74, 6) is 0.358. The van der Waals surface area contributed by atoms with Crippen LogP contribution in [-0.2, 0) is 33.6 Å². The molecule has 34 heavy (non-hydrogen) atoms. The molecule has 0 atom stereocenters. The second-order valence-electron chi connectivity index (χ2n) is 8.13. The predicted molar refractivity (Wildman–Crippen MR) is 129 cm³/mol. The van der Waals surface area contributed by atoms with Crippen molar-refractivity contribution in [2.24, 2.45) is 0 Å². The molecular formula is C28H24N2O4. The number of amides is 1. The van der Waals surface area contributed by atoms with Crippen LogP contribution in [0.25, 0.3) is 11.3 Å². The number of benzene rings is 3. The lowest BCUT2D eigenvalue weighted by molar-refractivity contribution is -0.147. The zero-order valence-corrected chi connectivity index (χ0v) is 18.6. The van der Waals surface area contributed by atoms with Crippen molar-refractivity contribution in [1.82, 2.24) is 4.98 Å². The lowest BCUT2D eigenvalue weighted by Crippen LogP contribution is -2.31. The maximum Gasteiger partial charge on any atom is 0.306 e. The van der Waals surface area contributed by atoms with Gasteiger partial charge in [0.1, 0.15) is 0 Å². The third kappa shape index (κ3) is 4.62. The van der Waals surface area contributed by atoms with Crippen LogP contribution in [0, 0.1) is 0 Å². The van der Waals surface area contributed by atoms with E-state index < -0.39 is 5.97 Å². The van der Waals surface area contributed by atoms with Gasteiger partial charge in [-0.05, 0) is 36.1 Å². The van der Waals surface area contributed by atoms with Crippen molar-refractivity contribution in [3.8, 4) is 11.3 Å². The van der Waals surface area contributed by atoms with Crippen molar-refractivity contribution >= 4 is 23.3 Å². The molecule has 0 radical (unpaired) electrons. The molecule has 0 saturated heterocycles. The summed E-state index contributed by atoms with van der Waals surface area (Å²) in [6, 6.07) is 25.4. The van der Waals surface area contributed by atoms with E-state index in [1.54, 1.807) is 11.1 Å². The quantitative estimate of drug-likeness (QED) is 0.372. The highest BCUT2D eigenvalue weighted by molar-refractivity contribution is 6.03. The fourth-order valence-electron chi connectivity index (χ4n) is 4.20. The van der Waals surface area contributed by atoms with E-state index in [1.807, 2.05) is 78.9 Å². The Balaban J connectivity index is 1.23. The molecule has 1 amide bonds. The molecule has 170 valence electrons. The number of carbonyl (C=O) groups excluding carboxylic acids is 2. The average Bonchev–Trinajstić information content (AvgIpc) is 3.29. The minimum absolute atomic E-state index is 0.0786. The molecule has 0 N–H and O–H groups in total. The van der Waals surface area contributed by atoms with E-state index >= 15 is 0 Å². The van der Waals surface area contributed by atoms with Gasteiger partial charge >= 0.3 is 5.97 Å². The summed E-state index contributed by atoms with van der Waals surface area (Å²) in [7, 11) is 0. The average molecular weight is 453 g/mol. The zero-order chi connectivity index (χ0) is 23.3. The molecular weight excluding hydrogens is 428 g/mol. The highest BCUT2D eigenvalue weighted by atomic mass is 16.5. The van der Waals surface area contributed by atoms with Crippen molar-refractivity contribution in [3.05, 3.63) is 102 Å². The summed E-state index contributed by atoms with van der Waals surface area (Å²) in [6.07, 6.45) is 3.72. The van der Waals surface area contributed by atoms with E-state index in [0.717, 1.165) is 40.9 Å². The van der Waals surface area contributed by atoms with Crippen LogP contribution in [0.3, 0.4) is 0 Å². The fourth-order valence-corrected chi connectivity index (χ4v) is 4.20. The van der Waals surface area contributed by atoms with E-state index in [-0.39, 0.29) is 18.9 Å². The van der Waals surface area contributed by atoms with Crippen LogP contribution in [-0.4, -0.2) is 23.5 Å². The van der Waals surface area contributed by atoms with Crippen molar-refractivity contribution < 1.29 is 18.7 Å². The molecule has 0 aliphatic carbocycles. The van der Waals surface area contributed by atoms with Gasteiger partial charge < -0.3 is 9.15 Å². The number of esters is 1. The molecule has 3 aromatic carbocycles. The van der Waals surface area contributed by atoms with Crippen LogP contribution >= 0.6 is 0 Å². The van der Waals surface area contributed by atoms with Gasteiger partial charge in [-0.1, -0.05) is 66.7 Å². The number of para-hydroxylation sites is 2. The Morgan fingerprint density at radius 1 is 0.853 bits per heavy atom. The van der Waals surface area contributed by atoms with Gasteiger partial charge in [-0.3, -0.25) is 14.5 Å². The number of rotatable bonds is 6. The SMILES string of the molecule is O=C(CCc1ncc(-c2ccccc2)o1)OCC(=O)N1c2ccccc2CCc2ccccc21. The first-order valence-electron chi connectivity index (χ1n) is 11.3. The summed E-state index contributed by atoms with van der Waals surface area (Å²) in [5.41, 5.74) is 4.78. The van der Waals surface area contributed by atoms with Gasteiger partial charge in [0.25, 0.3) is 5.91 Å². The number of nitrogens with zero attached hydrogens (tertiary/aromatic N) is 2. The molecule has 0 spiro atoms. The summed E-state index contributed by atoms with van der Waals surface area (Å²) < 4.78 is 11.1. The van der Waals surface area contributed by atoms with Gasteiger partial charge in [-0.2, -0.15) is 0 Å². The van der Waals surface area contributed by atoms with E-state index in [0.29, 0.717) is 18.1 Å². The highest BCUT2D eigenvalue weighted by Crippen LogP contribution is 2.36. The van der Waals surface area contributed by atoms with Crippen molar-refractivity contribution in [2.45, 2.75) is 25.7 Å². The number of aryl methyl sites for hydroxylation is 3. The van der Waals surface area contributed by atoms with Crippen molar-refractivity contribution in [2.75, 3.05) is 11.5 Å². The number of carbonyl (C=O) groups is 2. The van der Waals surface area contributed by atoms with E-state index in [1.165, 1.54) is 0 Å². The number of hydrogen-bond acceptors (Lipinski definition) is 5. The lowest BCUT2D eigenvalue weighted by atomic mass is 10.0. The number of aromatic nitrogens is 1. The third-order valence-electron chi connectivity index (χ3n) is 5.89. The molecule has 0 saturated carbocycles. The van der Waals surface area contributed by atoms with E-state index in [2.05, 4.69) is 4.98 Å². The lowest BCUT2D eigenvalue weighted by Gasteiger charge is -2.24. The molecule has 1 aliphatic heterocycles. The fraction of sp³-hybridized carbons (Fsp3) is 0.179. The minimum Gasteiger partial charge on any atom is -0.456 e. The number of hydrogen-bond donors (Lipinski definition) is 0.